The summed E-state index contributed by atoms with van der Waals surface area (Å²) in [4.78, 5) is 19.3. The van der Waals surface area contributed by atoms with Gasteiger partial charge in [-0.3, -0.25) is 14.7 Å². The minimum atomic E-state index is -0.910. The Hall–Kier alpha value is -4.02. The third-order valence-corrected chi connectivity index (χ3v) is 9.27. The van der Waals surface area contributed by atoms with Crippen molar-refractivity contribution in [1.82, 2.24) is 24.9 Å². The number of aliphatic carboxylic acids is 1. The summed E-state index contributed by atoms with van der Waals surface area (Å²) in [5.41, 5.74) is 5.61. The summed E-state index contributed by atoms with van der Waals surface area (Å²) in [7, 11) is 1.73. The quantitative estimate of drug-likeness (QED) is 0.247. The summed E-state index contributed by atoms with van der Waals surface area (Å²) in [5.74, 6) is -0.522. The molecule has 0 saturated heterocycles. The third kappa shape index (κ3) is 4.91. The highest BCUT2D eigenvalue weighted by molar-refractivity contribution is 7.17. The van der Waals surface area contributed by atoms with Crippen molar-refractivity contribution in [1.29, 1.82) is 0 Å². The molecule has 0 amide bonds. The molecule has 1 aliphatic rings. The lowest BCUT2D eigenvalue weighted by molar-refractivity contribution is -0.137. The first kappa shape index (κ1) is 27.2. The van der Waals surface area contributed by atoms with E-state index in [0.29, 0.717) is 17.6 Å². The number of carboxylic acids is 1. The lowest BCUT2D eigenvalue weighted by atomic mass is 9.84. The number of fused-ring (bicyclic) bond motifs is 3. The number of nitrogens with zero attached hydrogens (tertiary/aromatic N) is 5. The van der Waals surface area contributed by atoms with Crippen LogP contribution in [0.4, 0.5) is 0 Å². The molecule has 4 heterocycles. The second kappa shape index (κ2) is 10.8. The summed E-state index contributed by atoms with van der Waals surface area (Å²) in [6.45, 7) is 7.63. The van der Waals surface area contributed by atoms with Gasteiger partial charge >= 0.3 is 5.97 Å². The fraction of sp³-hybridized carbons (Fsp3) is 0.355. The number of carboxylic acid groups (broad SMARTS) is 1. The smallest absolute Gasteiger partial charge is 0.304 e. The van der Waals surface area contributed by atoms with Crippen LogP contribution in [0.25, 0.3) is 21.1 Å². The van der Waals surface area contributed by atoms with Crippen LogP contribution in [0.1, 0.15) is 66.6 Å². The highest BCUT2D eigenvalue weighted by atomic mass is 32.1. The molecule has 9 nitrogen and oxygen atoms in total. The van der Waals surface area contributed by atoms with Crippen molar-refractivity contribution in [3.8, 4) is 11.5 Å². The Labute approximate surface area is 242 Å². The number of aromatic nitrogens is 4. The zero-order chi connectivity index (χ0) is 28.8. The Morgan fingerprint density at radius 2 is 2.10 bits per heavy atom. The molecule has 0 spiro atoms. The van der Waals surface area contributed by atoms with Crippen molar-refractivity contribution in [2.45, 2.75) is 58.2 Å². The van der Waals surface area contributed by atoms with Crippen molar-refractivity contribution >= 4 is 38.4 Å². The van der Waals surface area contributed by atoms with E-state index in [-0.39, 0.29) is 24.3 Å². The van der Waals surface area contributed by atoms with Crippen LogP contribution >= 0.6 is 11.3 Å². The Morgan fingerprint density at radius 3 is 2.88 bits per heavy atom. The van der Waals surface area contributed by atoms with Gasteiger partial charge in [0.15, 0.2) is 0 Å². The number of ether oxygens (including phenoxy) is 1. The SMILES string of the molecule is CC[C@@H]1CN(Cc2cc([C@@H](CC(=O)O)c3cc(O)c4c(nnn4C)c3C)cc3ccsc23)[C@@H](C)c2ncccc2O1. The van der Waals surface area contributed by atoms with Gasteiger partial charge in [0.2, 0.25) is 0 Å². The largest absolute Gasteiger partial charge is 0.506 e. The lowest BCUT2D eigenvalue weighted by Gasteiger charge is -2.29. The number of pyridine rings is 1. The van der Waals surface area contributed by atoms with Crippen LogP contribution in [0.3, 0.4) is 0 Å². The van der Waals surface area contributed by atoms with Crippen molar-refractivity contribution in [2.24, 2.45) is 7.05 Å². The lowest BCUT2D eigenvalue weighted by Crippen LogP contribution is -2.34. The van der Waals surface area contributed by atoms with Crippen LogP contribution < -0.4 is 4.74 Å². The fourth-order valence-corrected chi connectivity index (χ4v) is 6.95. The zero-order valence-corrected chi connectivity index (χ0v) is 24.4. The van der Waals surface area contributed by atoms with Crippen molar-refractivity contribution in [3.63, 3.8) is 0 Å². The molecule has 212 valence electrons. The number of hydrogen-bond donors (Lipinski definition) is 2. The van der Waals surface area contributed by atoms with Crippen LogP contribution in [0.2, 0.25) is 0 Å². The number of thiophene rings is 1. The molecular weight excluding hydrogens is 538 g/mol. The van der Waals surface area contributed by atoms with Crippen molar-refractivity contribution < 1.29 is 19.7 Å². The molecule has 5 aromatic rings. The highest BCUT2D eigenvalue weighted by Crippen LogP contribution is 2.41. The summed E-state index contributed by atoms with van der Waals surface area (Å²) in [5, 5.41) is 32.4. The Kier molecular flexibility index (Phi) is 7.13. The number of aromatic hydroxyl groups is 1. The number of rotatable bonds is 7. The number of phenolic OH excluding ortho intramolecular Hbond substituents is 1. The Morgan fingerprint density at radius 1 is 1.27 bits per heavy atom. The minimum Gasteiger partial charge on any atom is -0.506 e. The van der Waals surface area contributed by atoms with Gasteiger partial charge in [-0.1, -0.05) is 18.2 Å². The van der Waals surface area contributed by atoms with Crippen LogP contribution in [0, 0.1) is 6.92 Å². The fourth-order valence-electron chi connectivity index (χ4n) is 6.06. The van der Waals surface area contributed by atoms with E-state index in [0.717, 1.165) is 52.0 Å². The predicted molar refractivity (Wildman–Crippen MR) is 159 cm³/mol. The third-order valence-electron chi connectivity index (χ3n) is 8.26. The first-order chi connectivity index (χ1) is 19.7. The molecule has 10 heteroatoms. The molecule has 6 rings (SSSR count). The van der Waals surface area contributed by atoms with Gasteiger partial charge in [-0.2, -0.15) is 0 Å². The van der Waals surface area contributed by atoms with Crippen molar-refractivity contribution in [2.75, 3.05) is 6.54 Å². The monoisotopic (exact) mass is 571 g/mol. The van der Waals surface area contributed by atoms with E-state index in [2.05, 4.69) is 57.6 Å². The van der Waals surface area contributed by atoms with Crippen LogP contribution in [0.5, 0.6) is 11.5 Å². The average molecular weight is 572 g/mol. The molecule has 2 aromatic carbocycles. The second-order valence-corrected chi connectivity index (χ2v) is 11.7. The molecule has 0 saturated carbocycles. The van der Waals surface area contributed by atoms with E-state index in [4.69, 9.17) is 4.74 Å². The summed E-state index contributed by atoms with van der Waals surface area (Å²) >= 11 is 1.69. The molecule has 0 fully saturated rings. The molecule has 2 N–H and O–H groups in total. The summed E-state index contributed by atoms with van der Waals surface area (Å²) in [6.07, 6.45) is 2.60. The maximum Gasteiger partial charge on any atom is 0.304 e. The topological polar surface area (TPSA) is 114 Å². The number of phenols is 1. The molecule has 0 unspecified atom stereocenters. The van der Waals surface area contributed by atoms with Crippen LogP contribution in [-0.2, 0) is 18.4 Å². The zero-order valence-electron chi connectivity index (χ0n) is 23.5. The number of aryl methyl sites for hydroxylation is 2. The average Bonchev–Trinajstić information content (AvgIpc) is 3.56. The summed E-state index contributed by atoms with van der Waals surface area (Å²) < 4.78 is 9.05. The number of carbonyl (C=O) groups is 1. The molecular formula is C31H33N5O4S. The van der Waals surface area contributed by atoms with Gasteiger partial charge in [0.25, 0.3) is 0 Å². The first-order valence-electron chi connectivity index (χ1n) is 13.8. The van der Waals surface area contributed by atoms with Crippen molar-refractivity contribution in [3.05, 3.63) is 75.9 Å². The van der Waals surface area contributed by atoms with Gasteiger partial charge in [0.05, 0.1) is 18.2 Å². The van der Waals surface area contributed by atoms with Gasteiger partial charge in [-0.15, -0.1) is 16.4 Å². The van der Waals surface area contributed by atoms with E-state index < -0.39 is 11.9 Å². The maximum absolute atomic E-state index is 12.2. The minimum absolute atomic E-state index is 0.0361. The number of benzene rings is 2. The Balaban J connectivity index is 1.46. The van der Waals surface area contributed by atoms with Crippen LogP contribution in [0.15, 0.2) is 48.0 Å². The maximum atomic E-state index is 12.2. The second-order valence-electron chi connectivity index (χ2n) is 10.8. The molecule has 0 aliphatic carbocycles. The van der Waals surface area contributed by atoms with E-state index in [1.54, 1.807) is 24.5 Å². The molecule has 1 aliphatic heterocycles. The van der Waals surface area contributed by atoms with E-state index in [9.17, 15) is 15.0 Å². The highest BCUT2D eigenvalue weighted by Gasteiger charge is 2.30. The van der Waals surface area contributed by atoms with Gasteiger partial charge in [0.1, 0.15) is 28.6 Å². The van der Waals surface area contributed by atoms with Gasteiger partial charge < -0.3 is 14.9 Å². The Bertz CT molecular complexity index is 1760. The van der Waals surface area contributed by atoms with Gasteiger partial charge in [-0.25, -0.2) is 4.68 Å². The molecule has 3 atom stereocenters. The molecule has 0 bridgehead atoms. The van der Waals surface area contributed by atoms with Gasteiger partial charge in [0, 0.05) is 37.0 Å². The molecule has 0 radical (unpaired) electrons. The van der Waals surface area contributed by atoms with Gasteiger partial charge in [-0.05, 0) is 83.6 Å². The van der Waals surface area contributed by atoms with E-state index in [1.807, 2.05) is 25.3 Å². The first-order valence-corrected chi connectivity index (χ1v) is 14.7. The predicted octanol–water partition coefficient (Wildman–Crippen LogP) is 5.93. The normalized spacial score (nSPS) is 18.2. The number of hydrogen-bond acceptors (Lipinski definition) is 8. The summed E-state index contributed by atoms with van der Waals surface area (Å²) in [6, 6.07) is 11.9. The van der Waals surface area contributed by atoms with E-state index >= 15 is 0 Å². The van der Waals surface area contributed by atoms with Crippen LogP contribution in [-0.4, -0.2) is 53.7 Å². The van der Waals surface area contributed by atoms with E-state index in [1.165, 1.54) is 9.38 Å². The molecule has 41 heavy (non-hydrogen) atoms. The standard InChI is InChI=1S/C31H33N5O4S/c1-5-22-16-36(18(3)29-26(40-22)7-6-9-32-29)15-21-12-20(11-19-8-10-41-31(19)21)24(14-27(38)39)23-13-25(37)30-28(17(23)2)33-34-35(30)4/h6-13,18,22,24,37H,5,14-16H2,1-4H3,(H,38,39)/t18-,22+,24+/m0/s1. The molecule has 3 aromatic heterocycles.